The summed E-state index contributed by atoms with van der Waals surface area (Å²) in [5.41, 5.74) is 1.97. The van der Waals surface area contributed by atoms with Gasteiger partial charge < -0.3 is 14.6 Å². The lowest BCUT2D eigenvalue weighted by atomic mass is 9.93. The van der Waals surface area contributed by atoms with Crippen LogP contribution in [0.3, 0.4) is 0 Å². The number of fused-ring (bicyclic) bond motifs is 1. The van der Waals surface area contributed by atoms with Crippen molar-refractivity contribution in [2.45, 2.75) is 57.8 Å². The summed E-state index contributed by atoms with van der Waals surface area (Å²) < 4.78 is 11.9. The van der Waals surface area contributed by atoms with E-state index in [0.717, 1.165) is 31.3 Å². The van der Waals surface area contributed by atoms with Gasteiger partial charge in [-0.1, -0.05) is 19.9 Å². The number of carbonyl (C=O) groups excluding carboxylic acids is 1. The Hall–Kier alpha value is -1.81. The van der Waals surface area contributed by atoms with Gasteiger partial charge in [-0.2, -0.15) is 0 Å². The number of phenolic OH excluding ortho intramolecular Hbond substituents is 1. The lowest BCUT2D eigenvalue weighted by Gasteiger charge is -2.23. The molecule has 22 heavy (non-hydrogen) atoms. The van der Waals surface area contributed by atoms with Crippen LogP contribution in [0.25, 0.3) is 0 Å². The predicted octanol–water partition coefficient (Wildman–Crippen LogP) is 3.76. The summed E-state index contributed by atoms with van der Waals surface area (Å²) in [5.74, 6) is -0.246. The zero-order chi connectivity index (χ0) is 15.9. The lowest BCUT2D eigenvalue weighted by Crippen LogP contribution is -2.29. The van der Waals surface area contributed by atoms with Crippen LogP contribution in [-0.2, 0) is 11.2 Å². The van der Waals surface area contributed by atoms with Gasteiger partial charge in [-0.25, -0.2) is 0 Å². The zero-order valence-corrected chi connectivity index (χ0v) is 13.1. The van der Waals surface area contributed by atoms with Gasteiger partial charge in [0.1, 0.15) is 17.6 Å². The molecule has 118 valence electrons. The van der Waals surface area contributed by atoms with E-state index in [0.29, 0.717) is 23.3 Å². The molecule has 1 aromatic carbocycles. The van der Waals surface area contributed by atoms with Crippen molar-refractivity contribution in [2.24, 2.45) is 0 Å². The molecule has 0 radical (unpaired) electrons. The Kier molecular flexibility index (Phi) is 3.73. The Bertz CT molecular complexity index is 634. The van der Waals surface area contributed by atoms with E-state index in [1.165, 1.54) is 6.92 Å². The first-order chi connectivity index (χ1) is 10.5. The molecule has 0 unspecified atom stereocenters. The van der Waals surface area contributed by atoms with Crippen LogP contribution < -0.4 is 4.74 Å². The van der Waals surface area contributed by atoms with Crippen molar-refractivity contribution in [1.29, 1.82) is 0 Å². The maximum atomic E-state index is 11.6. The molecule has 4 nitrogen and oxygen atoms in total. The summed E-state index contributed by atoms with van der Waals surface area (Å²) in [6.45, 7) is 7.56. The second kappa shape index (κ2) is 5.43. The summed E-state index contributed by atoms with van der Waals surface area (Å²) in [7, 11) is 0. The number of ketones is 1. The van der Waals surface area contributed by atoms with Gasteiger partial charge in [0.25, 0.3) is 5.79 Å². The van der Waals surface area contributed by atoms with Crippen LogP contribution in [0.15, 0.2) is 24.3 Å². The normalized spacial score (nSPS) is 26.5. The standard InChI is InChI=1S/C18H22O4/c1-4-6-14-15(10-9-13(12(3)19)17(14)20)21-18-11(2)7-5-8-16(18)22-18/h9-10,16,20H,2,4-8H2,1,3H3/t16-,18+/m0/s1. The number of ether oxygens (including phenoxy) is 2. The van der Waals surface area contributed by atoms with Crippen LogP contribution in [0.2, 0.25) is 0 Å². The van der Waals surface area contributed by atoms with Gasteiger partial charge in [0.05, 0.1) is 5.56 Å². The maximum Gasteiger partial charge on any atom is 0.260 e. The molecule has 1 N–H and O–H groups in total. The highest BCUT2D eigenvalue weighted by molar-refractivity contribution is 5.97. The molecule has 1 aromatic rings. The van der Waals surface area contributed by atoms with Crippen molar-refractivity contribution in [3.05, 3.63) is 35.4 Å². The topological polar surface area (TPSA) is 59.1 Å². The zero-order valence-electron chi connectivity index (χ0n) is 13.1. The molecular formula is C18H22O4. The first kappa shape index (κ1) is 15.1. The van der Waals surface area contributed by atoms with Gasteiger partial charge in [0.15, 0.2) is 5.78 Å². The quantitative estimate of drug-likeness (QED) is 0.511. The minimum Gasteiger partial charge on any atom is -0.507 e. The SMILES string of the molecule is C=C1CCC[C@@H]2O[C@]12Oc1ccc(C(C)=O)c(O)c1CCC. The Balaban J connectivity index is 1.95. The van der Waals surface area contributed by atoms with Gasteiger partial charge in [-0.3, -0.25) is 4.79 Å². The summed E-state index contributed by atoms with van der Waals surface area (Å²) in [6.07, 6.45) is 4.51. The summed E-state index contributed by atoms with van der Waals surface area (Å²) in [6, 6.07) is 3.38. The fraction of sp³-hybridized carbons (Fsp3) is 0.500. The average Bonchev–Trinajstić information content (AvgIpc) is 3.18. The molecule has 2 aliphatic rings. The highest BCUT2D eigenvalue weighted by Gasteiger charge is 2.63. The number of benzene rings is 1. The van der Waals surface area contributed by atoms with Gasteiger partial charge in [-0.15, -0.1) is 0 Å². The van der Waals surface area contributed by atoms with Crippen LogP contribution in [0.1, 0.15) is 55.5 Å². The molecule has 2 atom stereocenters. The predicted molar refractivity (Wildman–Crippen MR) is 83.3 cm³/mol. The number of carbonyl (C=O) groups is 1. The van der Waals surface area contributed by atoms with Crippen molar-refractivity contribution >= 4 is 5.78 Å². The van der Waals surface area contributed by atoms with Gasteiger partial charge >= 0.3 is 0 Å². The third kappa shape index (κ3) is 2.31. The summed E-state index contributed by atoms with van der Waals surface area (Å²) in [4.78, 5) is 11.6. The fourth-order valence-electron chi connectivity index (χ4n) is 3.23. The molecule has 1 saturated carbocycles. The average molecular weight is 302 g/mol. The second-order valence-electron chi connectivity index (χ2n) is 6.12. The number of Topliss-reactive ketones (excluding diaryl/α,β-unsaturated/α-hetero) is 1. The first-order valence-electron chi connectivity index (χ1n) is 7.90. The van der Waals surface area contributed by atoms with Crippen LogP contribution in [0.5, 0.6) is 11.5 Å². The maximum absolute atomic E-state index is 11.6. The molecule has 3 rings (SSSR count). The molecule has 0 amide bonds. The number of phenols is 1. The molecule has 0 aromatic heterocycles. The van der Waals surface area contributed by atoms with Crippen LogP contribution in [0.4, 0.5) is 0 Å². The molecule has 1 aliphatic carbocycles. The lowest BCUT2D eigenvalue weighted by molar-refractivity contribution is 0.0914. The Morgan fingerprint density at radius 2 is 2.32 bits per heavy atom. The van der Waals surface area contributed by atoms with E-state index >= 15 is 0 Å². The molecule has 1 aliphatic heterocycles. The molecular weight excluding hydrogens is 280 g/mol. The van der Waals surface area contributed by atoms with Crippen LogP contribution >= 0.6 is 0 Å². The first-order valence-corrected chi connectivity index (χ1v) is 7.90. The Morgan fingerprint density at radius 1 is 1.55 bits per heavy atom. The Labute approximate surface area is 130 Å². The highest BCUT2D eigenvalue weighted by atomic mass is 16.8. The monoisotopic (exact) mass is 302 g/mol. The number of rotatable bonds is 5. The van der Waals surface area contributed by atoms with E-state index in [-0.39, 0.29) is 17.6 Å². The smallest absolute Gasteiger partial charge is 0.260 e. The molecule has 0 spiro atoms. The summed E-state index contributed by atoms with van der Waals surface area (Å²) >= 11 is 0. The van der Waals surface area contributed by atoms with Gasteiger partial charge in [0, 0.05) is 5.56 Å². The van der Waals surface area contributed by atoms with Gasteiger partial charge in [-0.05, 0) is 50.3 Å². The minimum atomic E-state index is -0.717. The number of epoxide rings is 1. The van der Waals surface area contributed by atoms with E-state index in [1.54, 1.807) is 12.1 Å². The van der Waals surface area contributed by atoms with E-state index in [4.69, 9.17) is 9.47 Å². The third-order valence-electron chi connectivity index (χ3n) is 4.50. The molecule has 1 heterocycles. The fourth-order valence-corrected chi connectivity index (χ4v) is 3.23. The Morgan fingerprint density at radius 3 is 2.95 bits per heavy atom. The largest absolute Gasteiger partial charge is 0.507 e. The minimum absolute atomic E-state index is 0.0295. The van der Waals surface area contributed by atoms with Crippen molar-refractivity contribution < 1.29 is 19.4 Å². The summed E-state index contributed by atoms with van der Waals surface area (Å²) in [5, 5.41) is 10.4. The van der Waals surface area contributed by atoms with Crippen LogP contribution in [-0.4, -0.2) is 22.8 Å². The van der Waals surface area contributed by atoms with E-state index in [1.807, 2.05) is 6.92 Å². The highest BCUT2D eigenvalue weighted by Crippen LogP contribution is 2.52. The van der Waals surface area contributed by atoms with Crippen molar-refractivity contribution in [1.82, 2.24) is 0 Å². The third-order valence-corrected chi connectivity index (χ3v) is 4.50. The van der Waals surface area contributed by atoms with E-state index in [9.17, 15) is 9.90 Å². The number of aromatic hydroxyl groups is 1. The van der Waals surface area contributed by atoms with Crippen molar-refractivity contribution in [2.75, 3.05) is 0 Å². The number of hydrogen-bond donors (Lipinski definition) is 1. The van der Waals surface area contributed by atoms with Crippen molar-refractivity contribution in [3.8, 4) is 11.5 Å². The van der Waals surface area contributed by atoms with E-state index in [2.05, 4.69) is 6.58 Å². The van der Waals surface area contributed by atoms with Crippen molar-refractivity contribution in [3.63, 3.8) is 0 Å². The molecule has 1 saturated heterocycles. The molecule has 4 heteroatoms. The molecule has 0 bridgehead atoms. The van der Waals surface area contributed by atoms with Crippen LogP contribution in [0, 0.1) is 0 Å². The molecule has 2 fully saturated rings. The van der Waals surface area contributed by atoms with Gasteiger partial charge in [0.2, 0.25) is 0 Å². The van der Waals surface area contributed by atoms with E-state index < -0.39 is 5.79 Å². The second-order valence-corrected chi connectivity index (χ2v) is 6.12. The number of hydrogen-bond acceptors (Lipinski definition) is 4.